The molecule has 98 valence electrons. The van der Waals surface area contributed by atoms with Crippen molar-refractivity contribution in [3.63, 3.8) is 0 Å². The van der Waals surface area contributed by atoms with E-state index in [1.165, 1.54) is 13.3 Å². The zero-order chi connectivity index (χ0) is 12.7. The molecule has 3 heterocycles. The predicted octanol–water partition coefficient (Wildman–Crippen LogP) is -1.27. The molecule has 8 nitrogen and oxygen atoms in total. The third-order valence-electron chi connectivity index (χ3n) is 3.31. The fraction of sp³-hybridized carbons (Fsp3) is 0.700. The number of fused-ring (bicyclic) bond motifs is 1. The molecule has 4 unspecified atom stereocenters. The van der Waals surface area contributed by atoms with E-state index < -0.39 is 5.97 Å². The van der Waals surface area contributed by atoms with Crippen LogP contribution in [0.15, 0.2) is 6.20 Å². The largest absolute Gasteiger partial charge is 0.464 e. The van der Waals surface area contributed by atoms with E-state index in [-0.39, 0.29) is 30.0 Å². The molecular weight excluding hydrogens is 240 g/mol. The first kappa shape index (κ1) is 11.6. The standard InChI is InChI=1S/C10H14N4O4/c1-16-10(15)6-2-14(13-12-6)7-4-18-8-5(11)3-17-9(7)8/h2,5,7-9H,3-4,11H2,1H3. The van der Waals surface area contributed by atoms with E-state index in [0.29, 0.717) is 13.2 Å². The van der Waals surface area contributed by atoms with E-state index in [9.17, 15) is 4.79 Å². The maximum atomic E-state index is 11.3. The van der Waals surface area contributed by atoms with Crippen molar-refractivity contribution in [2.24, 2.45) is 5.73 Å². The zero-order valence-corrected chi connectivity index (χ0v) is 9.85. The lowest BCUT2D eigenvalue weighted by Crippen LogP contribution is -2.36. The number of methoxy groups -OCH3 is 1. The van der Waals surface area contributed by atoms with Crippen LogP contribution in [-0.4, -0.2) is 59.5 Å². The number of hydrogen-bond donors (Lipinski definition) is 1. The second-order valence-electron chi connectivity index (χ2n) is 4.40. The highest BCUT2D eigenvalue weighted by molar-refractivity contribution is 5.86. The van der Waals surface area contributed by atoms with Crippen molar-refractivity contribution < 1.29 is 19.0 Å². The number of nitrogens with zero attached hydrogens (tertiary/aromatic N) is 3. The summed E-state index contributed by atoms with van der Waals surface area (Å²) < 4.78 is 17.4. The van der Waals surface area contributed by atoms with Gasteiger partial charge in [-0.15, -0.1) is 5.10 Å². The Hall–Kier alpha value is -1.51. The van der Waals surface area contributed by atoms with Gasteiger partial charge >= 0.3 is 5.97 Å². The van der Waals surface area contributed by atoms with Crippen LogP contribution < -0.4 is 5.73 Å². The van der Waals surface area contributed by atoms with Gasteiger partial charge in [0.15, 0.2) is 5.69 Å². The van der Waals surface area contributed by atoms with Crippen LogP contribution in [0.3, 0.4) is 0 Å². The molecule has 2 fully saturated rings. The third kappa shape index (κ3) is 1.69. The summed E-state index contributed by atoms with van der Waals surface area (Å²) in [6, 6.07) is -0.210. The molecule has 0 aliphatic carbocycles. The highest BCUT2D eigenvalue weighted by Gasteiger charge is 2.47. The number of aromatic nitrogens is 3. The molecule has 0 aromatic carbocycles. The molecule has 0 saturated carbocycles. The van der Waals surface area contributed by atoms with E-state index in [4.69, 9.17) is 15.2 Å². The summed E-state index contributed by atoms with van der Waals surface area (Å²) >= 11 is 0. The van der Waals surface area contributed by atoms with Gasteiger partial charge in [-0.3, -0.25) is 0 Å². The fourth-order valence-electron chi connectivity index (χ4n) is 2.37. The van der Waals surface area contributed by atoms with E-state index >= 15 is 0 Å². The molecule has 4 atom stereocenters. The van der Waals surface area contributed by atoms with Crippen LogP contribution in [0.25, 0.3) is 0 Å². The smallest absolute Gasteiger partial charge is 0.360 e. The van der Waals surface area contributed by atoms with Gasteiger partial charge in [0.05, 0.1) is 32.6 Å². The quantitative estimate of drug-likeness (QED) is 0.656. The van der Waals surface area contributed by atoms with Crippen LogP contribution in [0.1, 0.15) is 16.5 Å². The van der Waals surface area contributed by atoms with E-state index in [1.807, 2.05) is 0 Å². The van der Waals surface area contributed by atoms with Gasteiger partial charge in [0.25, 0.3) is 0 Å². The molecule has 8 heteroatoms. The summed E-state index contributed by atoms with van der Waals surface area (Å²) in [5, 5.41) is 7.68. The van der Waals surface area contributed by atoms with Gasteiger partial charge in [0.1, 0.15) is 18.2 Å². The monoisotopic (exact) mass is 254 g/mol. The number of nitrogens with two attached hydrogens (primary N) is 1. The van der Waals surface area contributed by atoms with Gasteiger partial charge in [-0.25, -0.2) is 9.48 Å². The summed E-state index contributed by atoms with van der Waals surface area (Å²) in [7, 11) is 1.30. The molecule has 0 spiro atoms. The van der Waals surface area contributed by atoms with Crippen molar-refractivity contribution in [1.82, 2.24) is 15.0 Å². The van der Waals surface area contributed by atoms with E-state index in [2.05, 4.69) is 15.0 Å². The number of ether oxygens (including phenoxy) is 3. The zero-order valence-electron chi connectivity index (χ0n) is 9.85. The van der Waals surface area contributed by atoms with Crippen molar-refractivity contribution in [2.75, 3.05) is 20.3 Å². The first-order chi connectivity index (χ1) is 8.70. The Morgan fingerprint density at radius 2 is 2.28 bits per heavy atom. The van der Waals surface area contributed by atoms with Crippen LogP contribution in [-0.2, 0) is 14.2 Å². The molecular formula is C10H14N4O4. The Morgan fingerprint density at radius 3 is 3.06 bits per heavy atom. The van der Waals surface area contributed by atoms with Gasteiger partial charge in [0, 0.05) is 0 Å². The average molecular weight is 254 g/mol. The molecule has 0 bridgehead atoms. The summed E-state index contributed by atoms with van der Waals surface area (Å²) in [4.78, 5) is 11.3. The van der Waals surface area contributed by atoms with Crippen LogP contribution >= 0.6 is 0 Å². The SMILES string of the molecule is COC(=O)c1cn(C2COC3C(N)COC32)nn1. The number of esters is 1. The van der Waals surface area contributed by atoms with E-state index in [1.54, 1.807) is 4.68 Å². The lowest BCUT2D eigenvalue weighted by Gasteiger charge is -2.15. The Balaban J connectivity index is 1.79. The minimum atomic E-state index is -0.513. The second kappa shape index (κ2) is 4.30. The summed E-state index contributed by atoms with van der Waals surface area (Å²) in [6.45, 7) is 0.928. The Bertz CT molecular complexity index is 462. The molecule has 1 aromatic rings. The average Bonchev–Trinajstić information content (AvgIpc) is 3.05. The van der Waals surface area contributed by atoms with Crippen LogP contribution in [0, 0.1) is 0 Å². The molecule has 0 amide bonds. The van der Waals surface area contributed by atoms with Crippen molar-refractivity contribution in [1.29, 1.82) is 0 Å². The van der Waals surface area contributed by atoms with Crippen LogP contribution in [0.5, 0.6) is 0 Å². The number of rotatable bonds is 2. The summed E-state index contributed by atoms with van der Waals surface area (Å²) in [5.41, 5.74) is 6.04. The lowest BCUT2D eigenvalue weighted by atomic mass is 10.1. The van der Waals surface area contributed by atoms with Gasteiger partial charge in [-0.1, -0.05) is 5.21 Å². The normalized spacial score (nSPS) is 34.6. The first-order valence-corrected chi connectivity index (χ1v) is 5.69. The molecule has 2 aliphatic rings. The number of carbonyl (C=O) groups excluding carboxylic acids is 1. The van der Waals surface area contributed by atoms with Crippen molar-refractivity contribution in [3.05, 3.63) is 11.9 Å². The first-order valence-electron chi connectivity index (χ1n) is 5.69. The minimum absolute atomic E-state index is 0.102. The van der Waals surface area contributed by atoms with Gasteiger partial charge in [-0.2, -0.15) is 0 Å². The maximum absolute atomic E-state index is 11.3. The topological polar surface area (TPSA) is 101 Å². The minimum Gasteiger partial charge on any atom is -0.464 e. The fourth-order valence-corrected chi connectivity index (χ4v) is 2.37. The van der Waals surface area contributed by atoms with Gasteiger partial charge < -0.3 is 19.9 Å². The predicted molar refractivity (Wildman–Crippen MR) is 57.9 cm³/mol. The lowest BCUT2D eigenvalue weighted by molar-refractivity contribution is 0.0592. The maximum Gasteiger partial charge on any atom is 0.360 e. The van der Waals surface area contributed by atoms with Crippen molar-refractivity contribution >= 4 is 5.97 Å². The highest BCUT2D eigenvalue weighted by Crippen LogP contribution is 2.32. The molecule has 2 saturated heterocycles. The Kier molecular flexibility index (Phi) is 2.77. The molecule has 18 heavy (non-hydrogen) atoms. The Morgan fingerprint density at radius 1 is 1.50 bits per heavy atom. The van der Waals surface area contributed by atoms with Crippen molar-refractivity contribution in [2.45, 2.75) is 24.3 Å². The summed E-state index contributed by atoms with van der Waals surface area (Å²) in [5.74, 6) is -0.513. The third-order valence-corrected chi connectivity index (χ3v) is 3.31. The molecule has 2 aliphatic heterocycles. The van der Waals surface area contributed by atoms with Crippen LogP contribution in [0.2, 0.25) is 0 Å². The summed E-state index contributed by atoms with van der Waals surface area (Å²) in [6.07, 6.45) is 1.29. The van der Waals surface area contributed by atoms with Crippen LogP contribution in [0.4, 0.5) is 0 Å². The van der Waals surface area contributed by atoms with E-state index in [0.717, 1.165) is 0 Å². The highest BCUT2D eigenvalue weighted by atomic mass is 16.6. The van der Waals surface area contributed by atoms with Gasteiger partial charge in [0.2, 0.25) is 0 Å². The molecule has 2 N–H and O–H groups in total. The Labute approximate surface area is 103 Å². The van der Waals surface area contributed by atoms with Crippen molar-refractivity contribution in [3.8, 4) is 0 Å². The number of carbonyl (C=O) groups is 1. The number of hydrogen-bond acceptors (Lipinski definition) is 7. The van der Waals surface area contributed by atoms with Gasteiger partial charge in [-0.05, 0) is 0 Å². The molecule has 0 radical (unpaired) electrons. The second-order valence-corrected chi connectivity index (χ2v) is 4.40. The molecule has 1 aromatic heterocycles. The molecule has 3 rings (SSSR count).